The van der Waals surface area contributed by atoms with Gasteiger partial charge in [0.25, 0.3) is 0 Å². The number of rotatable bonds is 8. The standard InChI is InChI=1S/C15H22FNO3/c1-4-19-15(18)11-17(12(2)3)9-10-20-14-7-5-13(16)6-8-14/h5-8,12H,4,9-11H2,1-3H3. The molecule has 5 heteroatoms. The van der Waals surface area contributed by atoms with Crippen molar-refractivity contribution < 1.29 is 18.7 Å². The van der Waals surface area contributed by atoms with E-state index in [1.165, 1.54) is 12.1 Å². The fourth-order valence-electron chi connectivity index (χ4n) is 1.70. The first-order valence-corrected chi connectivity index (χ1v) is 6.81. The van der Waals surface area contributed by atoms with Gasteiger partial charge in [0.1, 0.15) is 18.2 Å². The number of carbonyl (C=O) groups excluding carboxylic acids is 1. The summed E-state index contributed by atoms with van der Waals surface area (Å²) in [5.74, 6) is 0.0951. The molecular weight excluding hydrogens is 261 g/mol. The minimum Gasteiger partial charge on any atom is -0.492 e. The molecule has 0 aliphatic rings. The van der Waals surface area contributed by atoms with Gasteiger partial charge in [-0.05, 0) is 45.0 Å². The molecule has 0 aliphatic carbocycles. The highest BCUT2D eigenvalue weighted by atomic mass is 19.1. The maximum Gasteiger partial charge on any atom is 0.320 e. The van der Waals surface area contributed by atoms with E-state index >= 15 is 0 Å². The molecule has 0 heterocycles. The lowest BCUT2D eigenvalue weighted by Gasteiger charge is -2.25. The number of hydrogen-bond donors (Lipinski definition) is 0. The summed E-state index contributed by atoms with van der Waals surface area (Å²) in [7, 11) is 0. The van der Waals surface area contributed by atoms with Crippen LogP contribution < -0.4 is 4.74 Å². The second-order valence-corrected chi connectivity index (χ2v) is 4.67. The van der Waals surface area contributed by atoms with Gasteiger partial charge in [0.2, 0.25) is 0 Å². The monoisotopic (exact) mass is 283 g/mol. The van der Waals surface area contributed by atoms with Crippen molar-refractivity contribution in [3.05, 3.63) is 30.1 Å². The Hall–Kier alpha value is -1.62. The third-order valence-electron chi connectivity index (χ3n) is 2.83. The maximum atomic E-state index is 12.7. The van der Waals surface area contributed by atoms with Gasteiger partial charge in [0.15, 0.2) is 0 Å². The molecule has 1 aromatic rings. The number of ether oxygens (including phenoxy) is 2. The van der Waals surface area contributed by atoms with E-state index in [-0.39, 0.29) is 24.4 Å². The van der Waals surface area contributed by atoms with Crippen molar-refractivity contribution in [2.24, 2.45) is 0 Å². The Bertz CT molecular complexity index is 406. The van der Waals surface area contributed by atoms with Crippen LogP contribution in [-0.2, 0) is 9.53 Å². The molecule has 0 N–H and O–H groups in total. The van der Waals surface area contributed by atoms with Crippen LogP contribution in [0.4, 0.5) is 4.39 Å². The molecule has 0 fully saturated rings. The van der Waals surface area contributed by atoms with E-state index in [4.69, 9.17) is 9.47 Å². The van der Waals surface area contributed by atoms with E-state index in [0.29, 0.717) is 25.5 Å². The van der Waals surface area contributed by atoms with Crippen molar-refractivity contribution in [1.82, 2.24) is 4.90 Å². The smallest absolute Gasteiger partial charge is 0.320 e. The van der Waals surface area contributed by atoms with E-state index in [2.05, 4.69) is 0 Å². The predicted molar refractivity (Wildman–Crippen MR) is 75.2 cm³/mol. The van der Waals surface area contributed by atoms with Gasteiger partial charge in [-0.2, -0.15) is 0 Å². The van der Waals surface area contributed by atoms with Crippen LogP contribution in [-0.4, -0.2) is 43.2 Å². The van der Waals surface area contributed by atoms with E-state index in [9.17, 15) is 9.18 Å². The first-order valence-electron chi connectivity index (χ1n) is 6.81. The molecule has 4 nitrogen and oxygen atoms in total. The van der Waals surface area contributed by atoms with Crippen molar-refractivity contribution in [3.63, 3.8) is 0 Å². The quantitative estimate of drug-likeness (QED) is 0.687. The minimum atomic E-state index is -0.288. The van der Waals surface area contributed by atoms with Crippen LogP contribution in [0.5, 0.6) is 5.75 Å². The predicted octanol–water partition coefficient (Wildman–Crippen LogP) is 2.48. The number of halogens is 1. The first-order chi connectivity index (χ1) is 9.52. The lowest BCUT2D eigenvalue weighted by atomic mass is 10.3. The van der Waals surface area contributed by atoms with Crippen LogP contribution in [0.25, 0.3) is 0 Å². The Labute approximate surface area is 119 Å². The van der Waals surface area contributed by atoms with Crippen LogP contribution in [0.15, 0.2) is 24.3 Å². The average molecular weight is 283 g/mol. The Morgan fingerprint density at radius 1 is 1.30 bits per heavy atom. The van der Waals surface area contributed by atoms with E-state index in [1.807, 2.05) is 18.7 Å². The zero-order chi connectivity index (χ0) is 15.0. The first kappa shape index (κ1) is 16.4. The summed E-state index contributed by atoms with van der Waals surface area (Å²) in [6.45, 7) is 7.48. The van der Waals surface area contributed by atoms with Crippen LogP contribution >= 0.6 is 0 Å². The molecule has 0 radical (unpaired) electrons. The topological polar surface area (TPSA) is 38.8 Å². The van der Waals surface area contributed by atoms with Crippen molar-refractivity contribution >= 4 is 5.97 Å². The van der Waals surface area contributed by atoms with Crippen LogP contribution in [0.3, 0.4) is 0 Å². The van der Waals surface area contributed by atoms with Gasteiger partial charge < -0.3 is 9.47 Å². The van der Waals surface area contributed by atoms with Gasteiger partial charge >= 0.3 is 5.97 Å². The molecule has 0 saturated heterocycles. The maximum absolute atomic E-state index is 12.7. The number of carbonyl (C=O) groups is 1. The third kappa shape index (κ3) is 6.02. The van der Waals surface area contributed by atoms with Gasteiger partial charge in [0.05, 0.1) is 13.2 Å². The number of hydrogen-bond acceptors (Lipinski definition) is 4. The molecule has 0 aliphatic heterocycles. The second-order valence-electron chi connectivity index (χ2n) is 4.67. The molecule has 0 bridgehead atoms. The van der Waals surface area contributed by atoms with Gasteiger partial charge in [-0.3, -0.25) is 9.69 Å². The average Bonchev–Trinajstić information content (AvgIpc) is 2.40. The second kappa shape index (κ2) is 8.53. The molecular formula is C15H22FNO3. The van der Waals surface area contributed by atoms with Crippen molar-refractivity contribution in [1.29, 1.82) is 0 Å². The lowest BCUT2D eigenvalue weighted by Crippen LogP contribution is -2.39. The summed E-state index contributed by atoms with van der Waals surface area (Å²) in [5, 5.41) is 0. The van der Waals surface area contributed by atoms with Crippen molar-refractivity contribution in [2.75, 3.05) is 26.3 Å². The SMILES string of the molecule is CCOC(=O)CN(CCOc1ccc(F)cc1)C(C)C. The minimum absolute atomic E-state index is 0.219. The molecule has 112 valence electrons. The molecule has 1 aromatic carbocycles. The normalized spacial score (nSPS) is 10.9. The Kier molecular flexibility index (Phi) is 7.01. The summed E-state index contributed by atoms with van der Waals surface area (Å²) in [5.41, 5.74) is 0. The largest absolute Gasteiger partial charge is 0.492 e. The van der Waals surface area contributed by atoms with Gasteiger partial charge in [-0.15, -0.1) is 0 Å². The molecule has 0 unspecified atom stereocenters. The van der Waals surface area contributed by atoms with Crippen LogP contribution in [0.2, 0.25) is 0 Å². The zero-order valence-electron chi connectivity index (χ0n) is 12.3. The Balaban J connectivity index is 2.39. The highest BCUT2D eigenvalue weighted by Gasteiger charge is 2.14. The summed E-state index contributed by atoms with van der Waals surface area (Å²) in [6, 6.07) is 6.10. The molecule has 0 aromatic heterocycles. The van der Waals surface area contributed by atoms with Crippen molar-refractivity contribution in [2.45, 2.75) is 26.8 Å². The van der Waals surface area contributed by atoms with E-state index in [0.717, 1.165) is 0 Å². The van der Waals surface area contributed by atoms with Crippen molar-refractivity contribution in [3.8, 4) is 5.75 Å². The molecule has 0 saturated carbocycles. The molecule has 20 heavy (non-hydrogen) atoms. The summed E-state index contributed by atoms with van der Waals surface area (Å²) >= 11 is 0. The Morgan fingerprint density at radius 3 is 2.50 bits per heavy atom. The number of nitrogens with zero attached hydrogens (tertiary/aromatic N) is 1. The van der Waals surface area contributed by atoms with Gasteiger partial charge in [-0.25, -0.2) is 4.39 Å². The van der Waals surface area contributed by atoms with Crippen LogP contribution in [0, 0.1) is 5.82 Å². The Morgan fingerprint density at radius 2 is 1.95 bits per heavy atom. The number of esters is 1. The van der Waals surface area contributed by atoms with Gasteiger partial charge in [-0.1, -0.05) is 0 Å². The lowest BCUT2D eigenvalue weighted by molar-refractivity contribution is -0.145. The molecule has 0 amide bonds. The number of benzene rings is 1. The fraction of sp³-hybridized carbons (Fsp3) is 0.533. The molecule has 1 rings (SSSR count). The fourth-order valence-corrected chi connectivity index (χ4v) is 1.70. The highest BCUT2D eigenvalue weighted by Crippen LogP contribution is 2.11. The molecule has 0 spiro atoms. The molecule has 0 atom stereocenters. The third-order valence-corrected chi connectivity index (χ3v) is 2.83. The zero-order valence-corrected chi connectivity index (χ0v) is 12.3. The summed E-state index contributed by atoms with van der Waals surface area (Å²) in [6.07, 6.45) is 0. The van der Waals surface area contributed by atoms with E-state index in [1.54, 1.807) is 19.1 Å². The highest BCUT2D eigenvalue weighted by molar-refractivity contribution is 5.71. The van der Waals surface area contributed by atoms with Gasteiger partial charge in [0, 0.05) is 12.6 Å². The van der Waals surface area contributed by atoms with Crippen LogP contribution in [0.1, 0.15) is 20.8 Å². The summed E-state index contributed by atoms with van der Waals surface area (Å²) < 4.78 is 23.2. The van der Waals surface area contributed by atoms with E-state index < -0.39 is 0 Å². The summed E-state index contributed by atoms with van der Waals surface area (Å²) in [4.78, 5) is 13.5.